The van der Waals surface area contributed by atoms with Crippen LogP contribution in [-0.2, 0) is 19.1 Å². The molecular weight excluding hydrogens is 256 g/mol. The van der Waals surface area contributed by atoms with E-state index in [9.17, 15) is 9.59 Å². The highest BCUT2D eigenvalue weighted by Crippen LogP contribution is 2.21. The van der Waals surface area contributed by atoms with Crippen LogP contribution >= 0.6 is 0 Å². The summed E-state index contributed by atoms with van der Waals surface area (Å²) in [5.74, 6) is -0.750. The first-order valence-electron chi connectivity index (χ1n) is 7.68. The summed E-state index contributed by atoms with van der Waals surface area (Å²) in [6, 6.07) is 0. The lowest BCUT2D eigenvalue weighted by Gasteiger charge is -2.13. The summed E-state index contributed by atoms with van der Waals surface area (Å²) in [5, 5.41) is 0. The Bertz CT molecular complexity index is 299. The second kappa shape index (κ2) is 11.5. The topological polar surface area (TPSA) is 52.6 Å². The van der Waals surface area contributed by atoms with Crippen molar-refractivity contribution in [3.63, 3.8) is 0 Å². The van der Waals surface area contributed by atoms with Gasteiger partial charge in [0.15, 0.2) is 0 Å². The van der Waals surface area contributed by atoms with Gasteiger partial charge in [0.2, 0.25) is 0 Å². The number of unbranched alkanes of at least 4 members (excludes halogenated alkanes) is 2. The van der Waals surface area contributed by atoms with E-state index in [0.717, 1.165) is 25.7 Å². The van der Waals surface area contributed by atoms with Crippen LogP contribution in [0, 0.1) is 0 Å². The fraction of sp³-hybridized carbons (Fsp3) is 0.750. The Morgan fingerprint density at radius 3 is 1.30 bits per heavy atom. The average Bonchev–Trinajstić information content (AvgIpc) is 2.42. The number of carbonyl (C=O) groups is 2. The number of ether oxygens (including phenoxy) is 2. The third-order valence-electron chi connectivity index (χ3n) is 2.97. The molecule has 0 aliphatic rings. The van der Waals surface area contributed by atoms with E-state index in [-0.39, 0.29) is 11.9 Å². The molecule has 0 aromatic rings. The summed E-state index contributed by atoms with van der Waals surface area (Å²) in [6.07, 6.45) is 4.81. The minimum absolute atomic E-state index is 0.318. The first kappa shape index (κ1) is 18.7. The summed E-state index contributed by atoms with van der Waals surface area (Å²) in [4.78, 5) is 24.1. The van der Waals surface area contributed by atoms with Gasteiger partial charge in [-0.15, -0.1) is 0 Å². The maximum absolute atomic E-state index is 12.1. The van der Waals surface area contributed by atoms with Crippen LogP contribution in [0.25, 0.3) is 0 Å². The van der Waals surface area contributed by atoms with Gasteiger partial charge in [0.1, 0.15) is 0 Å². The van der Waals surface area contributed by atoms with E-state index in [1.165, 1.54) is 0 Å². The molecule has 4 heteroatoms. The SMILES string of the molecule is CCCCC(C(=O)OCC)=C(CCCC)C(=O)OCC. The number of hydrogen-bond acceptors (Lipinski definition) is 4. The van der Waals surface area contributed by atoms with Gasteiger partial charge >= 0.3 is 11.9 Å². The van der Waals surface area contributed by atoms with E-state index in [4.69, 9.17) is 9.47 Å². The molecule has 0 fully saturated rings. The van der Waals surface area contributed by atoms with Crippen molar-refractivity contribution in [3.05, 3.63) is 11.1 Å². The smallest absolute Gasteiger partial charge is 0.334 e. The van der Waals surface area contributed by atoms with Gasteiger partial charge in [0.05, 0.1) is 13.2 Å². The van der Waals surface area contributed by atoms with Crippen LogP contribution in [0.5, 0.6) is 0 Å². The Hall–Kier alpha value is -1.32. The van der Waals surface area contributed by atoms with Crippen LogP contribution in [0.1, 0.15) is 66.2 Å². The molecular formula is C16H28O4. The van der Waals surface area contributed by atoms with Crippen molar-refractivity contribution in [2.45, 2.75) is 66.2 Å². The molecule has 0 radical (unpaired) electrons. The Morgan fingerprint density at radius 2 is 1.05 bits per heavy atom. The van der Waals surface area contributed by atoms with Gasteiger partial charge in [-0.05, 0) is 39.5 Å². The van der Waals surface area contributed by atoms with Crippen molar-refractivity contribution >= 4 is 11.9 Å². The fourth-order valence-electron chi connectivity index (χ4n) is 1.90. The Balaban J connectivity index is 5.31. The molecule has 0 aromatic carbocycles. The predicted molar refractivity (Wildman–Crippen MR) is 79.3 cm³/mol. The van der Waals surface area contributed by atoms with Crippen molar-refractivity contribution < 1.29 is 19.1 Å². The average molecular weight is 284 g/mol. The molecule has 0 heterocycles. The Morgan fingerprint density at radius 1 is 0.700 bits per heavy atom. The van der Waals surface area contributed by atoms with Crippen LogP contribution in [0.3, 0.4) is 0 Å². The Kier molecular flexibility index (Phi) is 10.7. The minimum Gasteiger partial charge on any atom is -0.463 e. The number of rotatable bonds is 10. The zero-order valence-electron chi connectivity index (χ0n) is 13.3. The van der Waals surface area contributed by atoms with Gasteiger partial charge in [-0.1, -0.05) is 26.7 Å². The van der Waals surface area contributed by atoms with Gasteiger partial charge in [-0.25, -0.2) is 9.59 Å². The summed E-state index contributed by atoms with van der Waals surface area (Å²) >= 11 is 0. The summed E-state index contributed by atoms with van der Waals surface area (Å²) in [5.41, 5.74) is 1.00. The highest BCUT2D eigenvalue weighted by atomic mass is 16.5. The highest BCUT2D eigenvalue weighted by molar-refractivity contribution is 6.00. The first-order valence-corrected chi connectivity index (χ1v) is 7.68. The zero-order valence-corrected chi connectivity index (χ0v) is 13.3. The van der Waals surface area contributed by atoms with Crippen LogP contribution in [0.4, 0.5) is 0 Å². The number of carbonyl (C=O) groups excluding carboxylic acids is 2. The zero-order chi connectivity index (χ0) is 15.4. The van der Waals surface area contributed by atoms with Crippen molar-refractivity contribution in [2.75, 3.05) is 13.2 Å². The molecule has 0 aliphatic heterocycles. The second-order valence-corrected chi connectivity index (χ2v) is 4.61. The predicted octanol–water partition coefficient (Wildman–Crippen LogP) is 3.79. The lowest BCUT2D eigenvalue weighted by molar-refractivity contribution is -0.142. The molecule has 0 amide bonds. The molecule has 0 aromatic heterocycles. The van der Waals surface area contributed by atoms with Gasteiger partial charge in [0.25, 0.3) is 0 Å². The molecule has 0 atom stereocenters. The molecule has 0 saturated heterocycles. The van der Waals surface area contributed by atoms with Crippen LogP contribution < -0.4 is 0 Å². The van der Waals surface area contributed by atoms with Crippen molar-refractivity contribution in [2.24, 2.45) is 0 Å². The van der Waals surface area contributed by atoms with E-state index in [1.807, 2.05) is 0 Å². The molecule has 0 rings (SSSR count). The normalized spacial score (nSPS) is 11.8. The van der Waals surface area contributed by atoms with E-state index in [2.05, 4.69) is 13.8 Å². The fourth-order valence-corrected chi connectivity index (χ4v) is 1.90. The quantitative estimate of drug-likeness (QED) is 0.452. The first-order chi connectivity index (χ1) is 9.62. The minimum atomic E-state index is -0.375. The summed E-state index contributed by atoms with van der Waals surface area (Å²) in [6.45, 7) is 8.28. The molecule has 0 bridgehead atoms. The second-order valence-electron chi connectivity index (χ2n) is 4.61. The van der Waals surface area contributed by atoms with Crippen LogP contribution in [0.15, 0.2) is 11.1 Å². The van der Waals surface area contributed by atoms with Gasteiger partial charge < -0.3 is 9.47 Å². The molecule has 0 unspecified atom stereocenters. The maximum Gasteiger partial charge on any atom is 0.334 e. The lowest BCUT2D eigenvalue weighted by Crippen LogP contribution is -2.17. The van der Waals surface area contributed by atoms with E-state index >= 15 is 0 Å². The molecule has 20 heavy (non-hydrogen) atoms. The van der Waals surface area contributed by atoms with Crippen molar-refractivity contribution in [1.82, 2.24) is 0 Å². The third-order valence-corrected chi connectivity index (χ3v) is 2.97. The van der Waals surface area contributed by atoms with Gasteiger partial charge in [0, 0.05) is 11.1 Å². The van der Waals surface area contributed by atoms with E-state index in [1.54, 1.807) is 13.8 Å². The maximum atomic E-state index is 12.1. The lowest BCUT2D eigenvalue weighted by atomic mass is 9.98. The standard InChI is InChI=1S/C16H28O4/c1-5-9-11-13(15(17)19-7-3)14(12-10-6-2)16(18)20-8-4/h5-12H2,1-4H3. The molecule has 4 nitrogen and oxygen atoms in total. The van der Waals surface area contributed by atoms with Gasteiger partial charge in [-0.3, -0.25) is 0 Å². The van der Waals surface area contributed by atoms with E-state index < -0.39 is 0 Å². The van der Waals surface area contributed by atoms with Crippen LogP contribution in [-0.4, -0.2) is 25.2 Å². The molecule has 0 spiro atoms. The third kappa shape index (κ3) is 6.73. The molecule has 116 valence electrons. The van der Waals surface area contributed by atoms with Crippen molar-refractivity contribution in [3.8, 4) is 0 Å². The summed E-state index contributed by atoms with van der Waals surface area (Å²) in [7, 11) is 0. The molecule has 0 N–H and O–H groups in total. The Labute approximate surface area is 122 Å². The number of esters is 2. The number of hydrogen-bond donors (Lipinski definition) is 0. The highest BCUT2D eigenvalue weighted by Gasteiger charge is 2.22. The van der Waals surface area contributed by atoms with E-state index in [0.29, 0.717) is 37.2 Å². The summed E-state index contributed by atoms with van der Waals surface area (Å²) < 4.78 is 10.2. The van der Waals surface area contributed by atoms with Crippen molar-refractivity contribution in [1.29, 1.82) is 0 Å². The molecule has 0 aliphatic carbocycles. The monoisotopic (exact) mass is 284 g/mol. The molecule has 0 saturated carbocycles. The largest absolute Gasteiger partial charge is 0.463 e. The van der Waals surface area contributed by atoms with Gasteiger partial charge in [-0.2, -0.15) is 0 Å². The van der Waals surface area contributed by atoms with Crippen LogP contribution in [0.2, 0.25) is 0 Å².